The van der Waals surface area contributed by atoms with Crippen LogP contribution in [0.4, 0.5) is 4.79 Å². The third-order valence-corrected chi connectivity index (χ3v) is 3.23. The predicted octanol–water partition coefficient (Wildman–Crippen LogP) is 1.59. The molecule has 2 amide bonds. The zero-order valence-corrected chi connectivity index (χ0v) is 11.2. The molecular formula is C13H18N2O4. The smallest absolute Gasteiger partial charge is 0.341 e. The van der Waals surface area contributed by atoms with Crippen molar-refractivity contribution >= 4 is 6.03 Å². The number of nitrogens with one attached hydrogen (secondary N) is 1. The summed E-state index contributed by atoms with van der Waals surface area (Å²) in [5, 5.41) is 12.3. The lowest BCUT2D eigenvalue weighted by atomic mass is 10.1. The minimum atomic E-state index is -0.493. The van der Waals surface area contributed by atoms with Crippen LogP contribution in [-0.4, -0.2) is 43.6 Å². The van der Waals surface area contributed by atoms with Crippen LogP contribution in [0.3, 0.4) is 0 Å². The third-order valence-electron chi connectivity index (χ3n) is 3.23. The molecule has 2 unspecified atom stereocenters. The SMILES string of the molecule is COc1ccc(C2CC2NC(=O)N(C)O)cc1OC. The van der Waals surface area contributed by atoms with Crippen LogP contribution < -0.4 is 14.8 Å². The van der Waals surface area contributed by atoms with Crippen molar-refractivity contribution in [2.45, 2.75) is 18.4 Å². The number of methoxy groups -OCH3 is 2. The van der Waals surface area contributed by atoms with E-state index in [9.17, 15) is 4.79 Å². The monoisotopic (exact) mass is 266 g/mol. The number of hydroxylamine groups is 2. The van der Waals surface area contributed by atoms with Crippen LogP contribution in [0, 0.1) is 0 Å². The minimum absolute atomic E-state index is 0.0557. The highest BCUT2D eigenvalue weighted by molar-refractivity contribution is 5.73. The first-order chi connectivity index (χ1) is 9.06. The largest absolute Gasteiger partial charge is 0.493 e. The van der Waals surface area contributed by atoms with Crippen molar-refractivity contribution in [3.05, 3.63) is 23.8 Å². The minimum Gasteiger partial charge on any atom is -0.493 e. The van der Waals surface area contributed by atoms with Crippen LogP contribution in [0.15, 0.2) is 18.2 Å². The molecule has 6 nitrogen and oxygen atoms in total. The van der Waals surface area contributed by atoms with E-state index in [-0.39, 0.29) is 12.0 Å². The summed E-state index contributed by atoms with van der Waals surface area (Å²) in [6.45, 7) is 0. The van der Waals surface area contributed by atoms with Gasteiger partial charge in [-0.3, -0.25) is 5.21 Å². The van der Waals surface area contributed by atoms with Gasteiger partial charge in [0.1, 0.15) is 0 Å². The van der Waals surface area contributed by atoms with E-state index in [2.05, 4.69) is 5.32 Å². The van der Waals surface area contributed by atoms with Gasteiger partial charge in [0.2, 0.25) is 0 Å². The van der Waals surface area contributed by atoms with Gasteiger partial charge in [-0.1, -0.05) is 6.07 Å². The summed E-state index contributed by atoms with van der Waals surface area (Å²) < 4.78 is 10.4. The van der Waals surface area contributed by atoms with Crippen LogP contribution in [0.2, 0.25) is 0 Å². The highest BCUT2D eigenvalue weighted by atomic mass is 16.5. The van der Waals surface area contributed by atoms with Crippen molar-refractivity contribution in [1.29, 1.82) is 0 Å². The Bertz CT molecular complexity index is 476. The Morgan fingerprint density at radius 1 is 1.37 bits per heavy atom. The molecule has 19 heavy (non-hydrogen) atoms. The number of carbonyl (C=O) groups excluding carboxylic acids is 1. The zero-order chi connectivity index (χ0) is 14.0. The molecule has 1 aliphatic rings. The summed E-state index contributed by atoms with van der Waals surface area (Å²) in [7, 11) is 4.48. The molecular weight excluding hydrogens is 248 g/mol. The van der Waals surface area contributed by atoms with Gasteiger partial charge in [-0.25, -0.2) is 9.86 Å². The number of benzene rings is 1. The van der Waals surface area contributed by atoms with E-state index in [1.807, 2.05) is 18.2 Å². The Hall–Kier alpha value is -1.95. The first kappa shape index (κ1) is 13.5. The molecule has 0 aliphatic heterocycles. The Morgan fingerprint density at radius 3 is 2.63 bits per heavy atom. The van der Waals surface area contributed by atoms with Gasteiger partial charge in [0.15, 0.2) is 11.5 Å². The Labute approximate surface area is 111 Å². The van der Waals surface area contributed by atoms with Gasteiger partial charge in [-0.15, -0.1) is 0 Å². The van der Waals surface area contributed by atoms with Crippen LogP contribution in [0.1, 0.15) is 17.9 Å². The maximum absolute atomic E-state index is 11.3. The van der Waals surface area contributed by atoms with Gasteiger partial charge in [0.05, 0.1) is 14.2 Å². The van der Waals surface area contributed by atoms with Gasteiger partial charge in [0, 0.05) is 19.0 Å². The predicted molar refractivity (Wildman–Crippen MR) is 68.8 cm³/mol. The highest BCUT2D eigenvalue weighted by Gasteiger charge is 2.40. The zero-order valence-electron chi connectivity index (χ0n) is 11.2. The van der Waals surface area contributed by atoms with E-state index in [1.165, 1.54) is 7.05 Å². The van der Waals surface area contributed by atoms with Gasteiger partial charge >= 0.3 is 6.03 Å². The molecule has 0 aromatic heterocycles. The lowest BCUT2D eigenvalue weighted by Gasteiger charge is -2.11. The first-order valence-electron chi connectivity index (χ1n) is 6.01. The molecule has 104 valence electrons. The molecule has 0 saturated heterocycles. The number of rotatable bonds is 4. The summed E-state index contributed by atoms with van der Waals surface area (Å²) in [5.74, 6) is 1.61. The number of hydrogen-bond donors (Lipinski definition) is 2. The second-order valence-electron chi connectivity index (χ2n) is 4.54. The lowest BCUT2D eigenvalue weighted by molar-refractivity contribution is -0.0184. The fourth-order valence-electron chi connectivity index (χ4n) is 2.06. The van der Waals surface area contributed by atoms with E-state index in [0.29, 0.717) is 16.6 Å². The van der Waals surface area contributed by atoms with Gasteiger partial charge in [-0.2, -0.15) is 0 Å². The normalized spacial score (nSPS) is 20.6. The molecule has 1 aromatic rings. The van der Waals surface area contributed by atoms with Crippen LogP contribution in [0.25, 0.3) is 0 Å². The lowest BCUT2D eigenvalue weighted by Crippen LogP contribution is -2.36. The summed E-state index contributed by atoms with van der Waals surface area (Å²) in [6, 6.07) is 5.29. The molecule has 0 heterocycles. The molecule has 1 aliphatic carbocycles. The molecule has 6 heteroatoms. The van der Waals surface area contributed by atoms with Crippen molar-refractivity contribution in [2.24, 2.45) is 0 Å². The number of carbonyl (C=O) groups is 1. The average Bonchev–Trinajstić information content (AvgIpc) is 3.16. The summed E-state index contributed by atoms with van der Waals surface area (Å²) in [4.78, 5) is 11.3. The van der Waals surface area contributed by atoms with Crippen molar-refractivity contribution in [3.8, 4) is 11.5 Å². The topological polar surface area (TPSA) is 71.0 Å². The molecule has 0 radical (unpaired) electrons. The number of ether oxygens (including phenoxy) is 2. The fraction of sp³-hybridized carbons (Fsp3) is 0.462. The number of amides is 2. The number of nitrogens with zero attached hydrogens (tertiary/aromatic N) is 1. The molecule has 1 fully saturated rings. The van der Waals surface area contributed by atoms with E-state index < -0.39 is 6.03 Å². The van der Waals surface area contributed by atoms with Crippen LogP contribution in [-0.2, 0) is 0 Å². The summed E-state index contributed by atoms with van der Waals surface area (Å²) in [5.41, 5.74) is 1.09. The first-order valence-corrected chi connectivity index (χ1v) is 6.01. The Balaban J connectivity index is 2.03. The Morgan fingerprint density at radius 2 is 2.05 bits per heavy atom. The molecule has 2 rings (SSSR count). The molecule has 2 N–H and O–H groups in total. The maximum atomic E-state index is 11.3. The molecule has 1 saturated carbocycles. The van der Waals surface area contributed by atoms with E-state index in [0.717, 1.165) is 12.0 Å². The second kappa shape index (κ2) is 5.36. The fourth-order valence-corrected chi connectivity index (χ4v) is 2.06. The maximum Gasteiger partial charge on any atom is 0.341 e. The van der Waals surface area contributed by atoms with Gasteiger partial charge in [0.25, 0.3) is 0 Å². The number of urea groups is 1. The summed E-state index contributed by atoms with van der Waals surface area (Å²) in [6.07, 6.45) is 0.856. The van der Waals surface area contributed by atoms with E-state index >= 15 is 0 Å². The van der Waals surface area contributed by atoms with E-state index in [4.69, 9.17) is 14.7 Å². The van der Waals surface area contributed by atoms with Crippen LogP contribution in [0.5, 0.6) is 11.5 Å². The standard InChI is InChI=1S/C13H18N2O4/c1-15(17)13(16)14-10-7-9(10)8-4-5-11(18-2)12(6-8)19-3/h4-6,9-10,17H,7H2,1-3H3,(H,14,16). The van der Waals surface area contributed by atoms with Gasteiger partial charge in [-0.05, 0) is 24.1 Å². The average molecular weight is 266 g/mol. The quantitative estimate of drug-likeness (QED) is 0.641. The van der Waals surface area contributed by atoms with Crippen molar-refractivity contribution in [2.75, 3.05) is 21.3 Å². The number of hydrogen-bond acceptors (Lipinski definition) is 4. The third kappa shape index (κ3) is 2.90. The second-order valence-corrected chi connectivity index (χ2v) is 4.54. The van der Waals surface area contributed by atoms with Crippen molar-refractivity contribution in [3.63, 3.8) is 0 Å². The van der Waals surface area contributed by atoms with Gasteiger partial charge < -0.3 is 14.8 Å². The van der Waals surface area contributed by atoms with Crippen LogP contribution >= 0.6 is 0 Å². The van der Waals surface area contributed by atoms with E-state index in [1.54, 1.807) is 14.2 Å². The Kier molecular flexibility index (Phi) is 3.80. The highest BCUT2D eigenvalue weighted by Crippen LogP contribution is 2.43. The molecule has 1 aromatic carbocycles. The molecule has 0 spiro atoms. The molecule has 0 bridgehead atoms. The van der Waals surface area contributed by atoms with Crippen molar-refractivity contribution in [1.82, 2.24) is 10.4 Å². The molecule has 2 atom stereocenters. The van der Waals surface area contributed by atoms with Crippen molar-refractivity contribution < 1.29 is 19.5 Å². The summed E-state index contributed by atoms with van der Waals surface area (Å²) >= 11 is 0.